The number of unbranched alkanes of at least 4 members (excludes halogenated alkanes) is 9. The minimum atomic E-state index is -0.854. The van der Waals surface area contributed by atoms with E-state index in [0.29, 0.717) is 52.9 Å². The van der Waals surface area contributed by atoms with Crippen molar-refractivity contribution in [3.8, 4) is 0 Å². The van der Waals surface area contributed by atoms with Gasteiger partial charge < -0.3 is 28.8 Å². The standard InChI is InChI=1S/C23H46O7/c1-2-3-4-5-6-7-8-9-10-11-13-26-15-17-28-19-21-30-22-20-29-18-16-27-14-12-23(24)25/h2-22H2,1H3,(H,24,25). The van der Waals surface area contributed by atoms with Crippen LogP contribution in [0, 0.1) is 0 Å². The van der Waals surface area contributed by atoms with E-state index in [4.69, 9.17) is 28.8 Å². The van der Waals surface area contributed by atoms with Crippen LogP contribution in [0.1, 0.15) is 77.6 Å². The number of rotatable bonds is 26. The second-order valence-corrected chi connectivity index (χ2v) is 7.39. The molecule has 0 aromatic heterocycles. The van der Waals surface area contributed by atoms with Gasteiger partial charge in [-0.05, 0) is 6.42 Å². The molecule has 1 N–H and O–H groups in total. The van der Waals surface area contributed by atoms with Crippen LogP contribution in [-0.2, 0) is 28.5 Å². The van der Waals surface area contributed by atoms with Crippen LogP contribution in [0.4, 0.5) is 0 Å². The fraction of sp³-hybridized carbons (Fsp3) is 0.957. The van der Waals surface area contributed by atoms with Crippen LogP contribution < -0.4 is 0 Å². The highest BCUT2D eigenvalue weighted by atomic mass is 16.6. The number of aliphatic carboxylic acids is 1. The van der Waals surface area contributed by atoms with Gasteiger partial charge in [0.25, 0.3) is 0 Å². The number of ether oxygens (including phenoxy) is 5. The predicted octanol–water partition coefficient (Wildman–Crippen LogP) is 4.47. The van der Waals surface area contributed by atoms with E-state index in [1.54, 1.807) is 0 Å². The van der Waals surface area contributed by atoms with E-state index in [1.165, 1.54) is 57.8 Å². The maximum atomic E-state index is 10.3. The summed E-state index contributed by atoms with van der Waals surface area (Å²) in [7, 11) is 0. The van der Waals surface area contributed by atoms with E-state index in [2.05, 4.69) is 6.92 Å². The quantitative estimate of drug-likeness (QED) is 0.201. The van der Waals surface area contributed by atoms with E-state index < -0.39 is 5.97 Å². The SMILES string of the molecule is CCCCCCCCCCCCOCCOCCOCCOCCOCCC(=O)O. The number of carboxylic acid groups (broad SMARTS) is 1. The lowest BCUT2D eigenvalue weighted by Gasteiger charge is -2.08. The largest absolute Gasteiger partial charge is 0.481 e. The van der Waals surface area contributed by atoms with Gasteiger partial charge in [-0.25, -0.2) is 0 Å². The first kappa shape index (κ1) is 29.3. The van der Waals surface area contributed by atoms with Crippen LogP contribution in [0.3, 0.4) is 0 Å². The molecule has 0 heterocycles. The first-order valence-electron chi connectivity index (χ1n) is 11.9. The van der Waals surface area contributed by atoms with Gasteiger partial charge >= 0.3 is 5.97 Å². The molecule has 0 amide bonds. The summed E-state index contributed by atoms with van der Waals surface area (Å²) >= 11 is 0. The average Bonchev–Trinajstić information content (AvgIpc) is 2.73. The Hall–Kier alpha value is -0.730. The van der Waals surface area contributed by atoms with Crippen molar-refractivity contribution in [1.29, 1.82) is 0 Å². The third-order valence-electron chi connectivity index (χ3n) is 4.59. The summed E-state index contributed by atoms with van der Waals surface area (Å²) in [4.78, 5) is 10.3. The summed E-state index contributed by atoms with van der Waals surface area (Å²) in [5.74, 6) is -0.854. The molecule has 0 rings (SSSR count). The van der Waals surface area contributed by atoms with E-state index in [-0.39, 0.29) is 13.0 Å². The number of carbonyl (C=O) groups is 1. The van der Waals surface area contributed by atoms with Gasteiger partial charge in [0.05, 0.1) is 65.9 Å². The lowest BCUT2D eigenvalue weighted by atomic mass is 10.1. The molecule has 7 nitrogen and oxygen atoms in total. The number of carboxylic acids is 1. The predicted molar refractivity (Wildman–Crippen MR) is 118 cm³/mol. The molecule has 0 aliphatic carbocycles. The van der Waals surface area contributed by atoms with E-state index >= 15 is 0 Å². The summed E-state index contributed by atoms with van der Waals surface area (Å²) in [6.07, 6.45) is 13.4. The normalized spacial score (nSPS) is 11.2. The van der Waals surface area contributed by atoms with Crippen LogP contribution in [0.2, 0.25) is 0 Å². The summed E-state index contributed by atoms with van der Waals surface area (Å²) in [6.45, 7) is 7.48. The Kier molecular flexibility index (Phi) is 25.7. The van der Waals surface area contributed by atoms with Crippen LogP contribution in [0.25, 0.3) is 0 Å². The third kappa shape index (κ3) is 27.3. The van der Waals surface area contributed by atoms with Crippen molar-refractivity contribution in [2.24, 2.45) is 0 Å². The van der Waals surface area contributed by atoms with Crippen molar-refractivity contribution in [3.63, 3.8) is 0 Å². The third-order valence-corrected chi connectivity index (χ3v) is 4.59. The van der Waals surface area contributed by atoms with Crippen LogP contribution in [0.15, 0.2) is 0 Å². The first-order valence-corrected chi connectivity index (χ1v) is 11.9. The van der Waals surface area contributed by atoms with Crippen molar-refractivity contribution >= 4 is 5.97 Å². The van der Waals surface area contributed by atoms with Crippen molar-refractivity contribution in [2.75, 3.05) is 66.1 Å². The molecule has 0 aromatic carbocycles. The molecule has 7 heteroatoms. The lowest BCUT2D eigenvalue weighted by molar-refractivity contribution is -0.138. The Bertz CT molecular complexity index is 340. The highest BCUT2D eigenvalue weighted by molar-refractivity contribution is 5.66. The van der Waals surface area contributed by atoms with Gasteiger partial charge in [-0.15, -0.1) is 0 Å². The monoisotopic (exact) mass is 434 g/mol. The Balaban J connectivity index is 2.99. The zero-order valence-corrected chi connectivity index (χ0v) is 19.2. The topological polar surface area (TPSA) is 83.5 Å². The molecule has 0 unspecified atom stereocenters. The molecule has 0 aliphatic heterocycles. The van der Waals surface area contributed by atoms with Gasteiger partial charge in [-0.1, -0.05) is 64.7 Å². The zero-order valence-electron chi connectivity index (χ0n) is 19.2. The minimum Gasteiger partial charge on any atom is -0.481 e. The molecule has 0 fully saturated rings. The minimum absolute atomic E-state index is 0.0213. The molecule has 0 saturated heterocycles. The van der Waals surface area contributed by atoms with Gasteiger partial charge in [-0.2, -0.15) is 0 Å². The molecule has 0 aromatic rings. The smallest absolute Gasteiger partial charge is 0.305 e. The second kappa shape index (κ2) is 26.3. The molecular weight excluding hydrogens is 388 g/mol. The molecule has 30 heavy (non-hydrogen) atoms. The Morgan fingerprint density at radius 2 is 0.833 bits per heavy atom. The summed E-state index contributed by atoms with van der Waals surface area (Å²) in [6, 6.07) is 0. The van der Waals surface area contributed by atoms with E-state index in [9.17, 15) is 4.79 Å². The molecule has 0 radical (unpaired) electrons. The Morgan fingerprint density at radius 3 is 1.23 bits per heavy atom. The molecular formula is C23H46O7. The van der Waals surface area contributed by atoms with Gasteiger partial charge in [0, 0.05) is 6.61 Å². The Labute approximate surface area is 183 Å². The summed E-state index contributed by atoms with van der Waals surface area (Å²) < 4.78 is 26.9. The highest BCUT2D eigenvalue weighted by Crippen LogP contribution is 2.10. The van der Waals surface area contributed by atoms with Crippen molar-refractivity contribution in [2.45, 2.75) is 77.6 Å². The summed E-state index contributed by atoms with van der Waals surface area (Å²) in [5, 5.41) is 8.45. The molecule has 0 atom stereocenters. The highest BCUT2D eigenvalue weighted by Gasteiger charge is 1.97. The maximum absolute atomic E-state index is 10.3. The van der Waals surface area contributed by atoms with Gasteiger partial charge in [0.1, 0.15) is 0 Å². The van der Waals surface area contributed by atoms with Crippen molar-refractivity contribution in [1.82, 2.24) is 0 Å². The fourth-order valence-electron chi connectivity index (χ4n) is 2.83. The van der Waals surface area contributed by atoms with Crippen LogP contribution >= 0.6 is 0 Å². The Morgan fingerprint density at radius 1 is 0.500 bits per heavy atom. The average molecular weight is 435 g/mol. The molecule has 180 valence electrons. The van der Waals surface area contributed by atoms with Gasteiger partial charge in [0.2, 0.25) is 0 Å². The van der Waals surface area contributed by atoms with E-state index in [0.717, 1.165) is 13.0 Å². The van der Waals surface area contributed by atoms with Gasteiger partial charge in [0.15, 0.2) is 0 Å². The molecule has 0 bridgehead atoms. The van der Waals surface area contributed by atoms with Crippen molar-refractivity contribution < 1.29 is 33.6 Å². The summed E-state index contributed by atoms with van der Waals surface area (Å²) in [5.41, 5.74) is 0. The first-order chi connectivity index (χ1) is 14.8. The fourth-order valence-corrected chi connectivity index (χ4v) is 2.83. The number of hydrogen-bond donors (Lipinski definition) is 1. The van der Waals surface area contributed by atoms with Gasteiger partial charge in [-0.3, -0.25) is 4.79 Å². The van der Waals surface area contributed by atoms with Crippen LogP contribution in [0.5, 0.6) is 0 Å². The molecule has 0 aliphatic rings. The van der Waals surface area contributed by atoms with Crippen molar-refractivity contribution in [3.05, 3.63) is 0 Å². The molecule has 0 saturated carbocycles. The zero-order chi connectivity index (χ0) is 22.0. The second-order valence-electron chi connectivity index (χ2n) is 7.39. The number of hydrogen-bond acceptors (Lipinski definition) is 6. The van der Waals surface area contributed by atoms with E-state index in [1.807, 2.05) is 0 Å². The lowest BCUT2D eigenvalue weighted by Crippen LogP contribution is -2.13. The van der Waals surface area contributed by atoms with Crippen LogP contribution in [-0.4, -0.2) is 77.1 Å². The molecule has 0 spiro atoms. The maximum Gasteiger partial charge on any atom is 0.305 e.